The molecule has 14 heavy (non-hydrogen) atoms. The molecule has 3 heteroatoms. The van der Waals surface area contributed by atoms with Crippen molar-refractivity contribution in [3.8, 4) is 0 Å². The molecular formula is C11H21N3. The highest BCUT2D eigenvalue weighted by Crippen LogP contribution is 2.10. The lowest BCUT2D eigenvalue weighted by atomic mass is 10.1. The predicted molar refractivity (Wildman–Crippen MR) is 59.2 cm³/mol. The Morgan fingerprint density at radius 1 is 1.50 bits per heavy atom. The van der Waals surface area contributed by atoms with Crippen LogP contribution in [0.5, 0.6) is 0 Å². The Balaban J connectivity index is 2.83. The van der Waals surface area contributed by atoms with Gasteiger partial charge in [0.25, 0.3) is 0 Å². The van der Waals surface area contributed by atoms with Gasteiger partial charge in [-0.15, -0.1) is 0 Å². The lowest BCUT2D eigenvalue weighted by Crippen LogP contribution is -2.11. The van der Waals surface area contributed by atoms with E-state index in [1.807, 2.05) is 6.20 Å². The second-order valence-electron chi connectivity index (χ2n) is 4.05. The summed E-state index contributed by atoms with van der Waals surface area (Å²) in [5.74, 6) is 1.86. The van der Waals surface area contributed by atoms with Crippen LogP contribution in [-0.2, 0) is 19.4 Å². The van der Waals surface area contributed by atoms with E-state index in [9.17, 15) is 0 Å². The summed E-state index contributed by atoms with van der Waals surface area (Å²) in [6, 6.07) is 0. The molecule has 0 saturated carbocycles. The van der Waals surface area contributed by atoms with E-state index >= 15 is 0 Å². The second-order valence-corrected chi connectivity index (χ2v) is 4.05. The Morgan fingerprint density at radius 3 is 2.71 bits per heavy atom. The van der Waals surface area contributed by atoms with Gasteiger partial charge in [-0.2, -0.15) is 0 Å². The molecule has 0 atom stereocenters. The third-order valence-corrected chi connectivity index (χ3v) is 2.33. The number of hydrogen-bond acceptors (Lipinski definition) is 2. The molecule has 1 aromatic heterocycles. The lowest BCUT2D eigenvalue weighted by Gasteiger charge is -2.10. The summed E-state index contributed by atoms with van der Waals surface area (Å²) >= 11 is 0. The molecule has 1 aromatic rings. The summed E-state index contributed by atoms with van der Waals surface area (Å²) in [5.41, 5.74) is 6.82. The number of rotatable bonds is 5. The van der Waals surface area contributed by atoms with Gasteiger partial charge in [-0.1, -0.05) is 13.8 Å². The van der Waals surface area contributed by atoms with Gasteiger partial charge in [-0.25, -0.2) is 4.98 Å². The molecule has 0 fully saturated rings. The topological polar surface area (TPSA) is 43.8 Å². The molecular weight excluding hydrogens is 174 g/mol. The Morgan fingerprint density at radius 2 is 2.21 bits per heavy atom. The standard InChI is InChI=1S/C11H21N3/c1-4-14-10(5-6-12)8-13-11(14)7-9(2)3/h8-9H,4-7,12H2,1-3H3. The second kappa shape index (κ2) is 5.15. The third kappa shape index (κ3) is 2.58. The van der Waals surface area contributed by atoms with Crippen LogP contribution in [0.1, 0.15) is 32.3 Å². The summed E-state index contributed by atoms with van der Waals surface area (Å²) in [7, 11) is 0. The molecule has 0 radical (unpaired) electrons. The first-order chi connectivity index (χ1) is 6.69. The maximum absolute atomic E-state index is 5.55. The number of nitrogens with zero attached hydrogens (tertiary/aromatic N) is 2. The van der Waals surface area contributed by atoms with Crippen molar-refractivity contribution in [2.75, 3.05) is 6.54 Å². The van der Waals surface area contributed by atoms with Gasteiger partial charge < -0.3 is 10.3 Å². The molecule has 0 amide bonds. The zero-order valence-electron chi connectivity index (χ0n) is 9.45. The highest BCUT2D eigenvalue weighted by atomic mass is 15.1. The van der Waals surface area contributed by atoms with Crippen LogP contribution in [-0.4, -0.2) is 16.1 Å². The predicted octanol–water partition coefficient (Wildman–Crippen LogP) is 1.60. The van der Waals surface area contributed by atoms with Crippen molar-refractivity contribution in [2.24, 2.45) is 11.7 Å². The number of aromatic nitrogens is 2. The minimum atomic E-state index is 0.661. The van der Waals surface area contributed by atoms with Gasteiger partial charge in [0.05, 0.1) is 0 Å². The molecule has 0 spiro atoms. The highest BCUT2D eigenvalue weighted by Gasteiger charge is 2.08. The molecule has 0 aromatic carbocycles. The van der Waals surface area contributed by atoms with Gasteiger partial charge >= 0.3 is 0 Å². The minimum Gasteiger partial charge on any atom is -0.332 e. The van der Waals surface area contributed by atoms with Gasteiger partial charge in [0.1, 0.15) is 5.82 Å². The van der Waals surface area contributed by atoms with Crippen molar-refractivity contribution < 1.29 is 0 Å². The molecule has 1 rings (SSSR count). The zero-order valence-corrected chi connectivity index (χ0v) is 9.45. The summed E-state index contributed by atoms with van der Waals surface area (Å²) in [5, 5.41) is 0. The van der Waals surface area contributed by atoms with E-state index in [-0.39, 0.29) is 0 Å². The van der Waals surface area contributed by atoms with Crippen LogP contribution in [0.3, 0.4) is 0 Å². The maximum atomic E-state index is 5.55. The summed E-state index contributed by atoms with van der Waals surface area (Å²) < 4.78 is 2.28. The Bertz CT molecular complexity index is 276. The van der Waals surface area contributed by atoms with Crippen molar-refractivity contribution >= 4 is 0 Å². The molecule has 0 aliphatic rings. The molecule has 3 nitrogen and oxygen atoms in total. The largest absolute Gasteiger partial charge is 0.332 e. The summed E-state index contributed by atoms with van der Waals surface area (Å²) in [4.78, 5) is 4.45. The zero-order chi connectivity index (χ0) is 10.6. The fourth-order valence-electron chi connectivity index (χ4n) is 1.72. The van der Waals surface area contributed by atoms with Crippen LogP contribution in [0.15, 0.2) is 6.20 Å². The van der Waals surface area contributed by atoms with E-state index in [4.69, 9.17) is 5.73 Å². The van der Waals surface area contributed by atoms with Gasteiger partial charge in [0.2, 0.25) is 0 Å². The number of hydrogen-bond donors (Lipinski definition) is 1. The molecule has 0 bridgehead atoms. The van der Waals surface area contributed by atoms with Crippen LogP contribution in [0.25, 0.3) is 0 Å². The molecule has 0 aliphatic heterocycles. The van der Waals surface area contributed by atoms with Crippen LogP contribution < -0.4 is 5.73 Å². The van der Waals surface area contributed by atoms with Gasteiger partial charge in [0.15, 0.2) is 0 Å². The molecule has 1 heterocycles. The average Bonchev–Trinajstić information content (AvgIpc) is 2.47. The first-order valence-electron chi connectivity index (χ1n) is 5.42. The van der Waals surface area contributed by atoms with Gasteiger partial charge in [-0.05, 0) is 19.4 Å². The monoisotopic (exact) mass is 195 g/mol. The Labute approximate surface area is 86.3 Å². The lowest BCUT2D eigenvalue weighted by molar-refractivity contribution is 0.574. The smallest absolute Gasteiger partial charge is 0.109 e. The van der Waals surface area contributed by atoms with Crippen molar-refractivity contribution in [1.82, 2.24) is 9.55 Å². The summed E-state index contributed by atoms with van der Waals surface area (Å²) in [6.45, 7) is 8.30. The number of imidazole rings is 1. The Hall–Kier alpha value is -0.830. The van der Waals surface area contributed by atoms with Crippen molar-refractivity contribution in [3.63, 3.8) is 0 Å². The molecule has 2 N–H and O–H groups in total. The molecule has 0 aliphatic carbocycles. The van der Waals surface area contributed by atoms with E-state index in [1.54, 1.807) is 0 Å². The average molecular weight is 195 g/mol. The van der Waals surface area contributed by atoms with Crippen LogP contribution in [0.2, 0.25) is 0 Å². The van der Waals surface area contributed by atoms with E-state index in [0.717, 1.165) is 19.4 Å². The van der Waals surface area contributed by atoms with Crippen LogP contribution in [0, 0.1) is 5.92 Å². The van der Waals surface area contributed by atoms with Crippen molar-refractivity contribution in [2.45, 2.75) is 40.2 Å². The van der Waals surface area contributed by atoms with E-state index in [0.29, 0.717) is 12.5 Å². The van der Waals surface area contributed by atoms with Gasteiger partial charge in [-0.3, -0.25) is 0 Å². The fraction of sp³-hybridized carbons (Fsp3) is 0.727. The van der Waals surface area contributed by atoms with Crippen molar-refractivity contribution in [1.29, 1.82) is 0 Å². The Kier molecular flexibility index (Phi) is 4.14. The van der Waals surface area contributed by atoms with E-state index < -0.39 is 0 Å². The van der Waals surface area contributed by atoms with Crippen molar-refractivity contribution in [3.05, 3.63) is 17.7 Å². The molecule has 0 unspecified atom stereocenters. The summed E-state index contributed by atoms with van der Waals surface area (Å²) in [6.07, 6.45) is 3.95. The van der Waals surface area contributed by atoms with Gasteiger partial charge in [0, 0.05) is 31.3 Å². The SMILES string of the molecule is CCn1c(CCN)cnc1CC(C)C. The molecule has 80 valence electrons. The fourth-order valence-corrected chi connectivity index (χ4v) is 1.72. The first kappa shape index (κ1) is 11.2. The van der Waals surface area contributed by atoms with Crippen LogP contribution >= 0.6 is 0 Å². The molecule has 0 saturated heterocycles. The van der Waals surface area contributed by atoms with E-state index in [2.05, 4.69) is 30.3 Å². The quantitative estimate of drug-likeness (QED) is 0.775. The maximum Gasteiger partial charge on any atom is 0.109 e. The third-order valence-electron chi connectivity index (χ3n) is 2.33. The first-order valence-corrected chi connectivity index (χ1v) is 5.42. The minimum absolute atomic E-state index is 0.661. The number of nitrogens with two attached hydrogens (primary N) is 1. The van der Waals surface area contributed by atoms with E-state index in [1.165, 1.54) is 11.5 Å². The highest BCUT2D eigenvalue weighted by molar-refractivity contribution is 5.06. The normalized spacial score (nSPS) is 11.2. The van der Waals surface area contributed by atoms with Crippen LogP contribution in [0.4, 0.5) is 0 Å².